The normalized spacial score (nSPS) is 11.2. The Kier molecular flexibility index (Phi) is 5.63. The summed E-state index contributed by atoms with van der Waals surface area (Å²) in [6.45, 7) is 1.10. The molecule has 3 aromatic rings. The van der Waals surface area contributed by atoms with Crippen molar-refractivity contribution in [3.05, 3.63) is 58.0 Å². The number of aromatic amines is 2. The summed E-state index contributed by atoms with van der Waals surface area (Å²) < 4.78 is 0. The van der Waals surface area contributed by atoms with Crippen molar-refractivity contribution in [2.75, 3.05) is 10.7 Å². The quantitative estimate of drug-likeness (QED) is 0.185. The number of hydrogen-bond acceptors (Lipinski definition) is 7. The number of hydrazone groups is 1. The van der Waals surface area contributed by atoms with Gasteiger partial charge in [-0.1, -0.05) is 0 Å². The molecule has 0 spiro atoms. The zero-order chi connectivity index (χ0) is 22.7. The molecule has 0 fully saturated rings. The van der Waals surface area contributed by atoms with Crippen molar-refractivity contribution in [1.29, 1.82) is 0 Å². The van der Waals surface area contributed by atoms with Gasteiger partial charge >= 0.3 is 17.6 Å². The second kappa shape index (κ2) is 8.32. The van der Waals surface area contributed by atoms with Crippen molar-refractivity contribution in [3.8, 4) is 0 Å². The summed E-state index contributed by atoms with van der Waals surface area (Å²) in [7, 11) is 0. The predicted octanol–water partition coefficient (Wildman–Crippen LogP) is 1.25. The first-order chi connectivity index (χ1) is 14.6. The molecule has 158 valence electrons. The van der Waals surface area contributed by atoms with Gasteiger partial charge < -0.3 is 25.5 Å². The Morgan fingerprint density at radius 3 is 2.06 bits per heavy atom. The number of aromatic carboxylic acids is 2. The maximum atomic E-state index is 12.5. The molecule has 2 aromatic carbocycles. The van der Waals surface area contributed by atoms with Gasteiger partial charge in [-0.15, -0.1) is 0 Å². The van der Waals surface area contributed by atoms with Gasteiger partial charge in [0.1, 0.15) is 0 Å². The van der Waals surface area contributed by atoms with E-state index < -0.39 is 35.0 Å². The van der Waals surface area contributed by atoms with E-state index in [-0.39, 0.29) is 22.5 Å². The number of carbonyl (C=O) groups excluding carboxylic acids is 2. The molecule has 31 heavy (non-hydrogen) atoms. The van der Waals surface area contributed by atoms with Crippen molar-refractivity contribution in [3.63, 3.8) is 0 Å². The third kappa shape index (κ3) is 4.82. The summed E-state index contributed by atoms with van der Waals surface area (Å²) in [5, 5.41) is 24.4. The molecule has 0 saturated carbocycles. The van der Waals surface area contributed by atoms with Gasteiger partial charge in [-0.3, -0.25) is 15.0 Å². The van der Waals surface area contributed by atoms with Crippen molar-refractivity contribution >= 4 is 51.7 Å². The lowest BCUT2D eigenvalue weighted by Crippen LogP contribution is -2.29. The second-order valence-corrected chi connectivity index (χ2v) is 6.33. The topological polar surface area (TPSA) is 194 Å². The molecule has 12 heteroatoms. The number of fused-ring (bicyclic) bond motifs is 1. The average molecular weight is 425 g/mol. The van der Waals surface area contributed by atoms with E-state index in [1.54, 1.807) is 6.07 Å². The fourth-order valence-corrected chi connectivity index (χ4v) is 2.65. The van der Waals surface area contributed by atoms with Gasteiger partial charge in [0.25, 0.3) is 5.91 Å². The minimum Gasteiger partial charge on any atom is -0.478 e. The molecule has 0 bridgehead atoms. The Hall–Kier alpha value is -4.74. The number of carbonyl (C=O) groups is 4. The summed E-state index contributed by atoms with van der Waals surface area (Å²) in [6.07, 6.45) is 0. The molecule has 0 unspecified atom stereocenters. The molecular formula is C19H15N5O7. The van der Waals surface area contributed by atoms with Crippen molar-refractivity contribution in [1.82, 2.24) is 9.97 Å². The Morgan fingerprint density at radius 2 is 1.48 bits per heavy atom. The van der Waals surface area contributed by atoms with Crippen LogP contribution < -0.4 is 16.4 Å². The highest BCUT2D eigenvalue weighted by atomic mass is 16.4. The smallest absolute Gasteiger partial charge is 0.335 e. The van der Waals surface area contributed by atoms with Crippen LogP contribution >= 0.6 is 0 Å². The molecule has 6 N–H and O–H groups in total. The van der Waals surface area contributed by atoms with E-state index in [4.69, 9.17) is 10.2 Å². The standard InChI is InChI=1S/C19H15N5O7/c1-8(25)15(16(26)20-11-2-3-13-14(7-11)22-19(31)21-13)24-23-12-5-9(17(27)28)4-10(6-12)18(29)30/h2-7,23H,1H3,(H,20,26)(H,27,28)(H,29,30)(H2,21,22,31)/b24-15-. The molecule has 3 rings (SSSR count). The summed E-state index contributed by atoms with van der Waals surface area (Å²) in [6, 6.07) is 7.70. The van der Waals surface area contributed by atoms with E-state index in [2.05, 4.69) is 25.8 Å². The lowest BCUT2D eigenvalue weighted by molar-refractivity contribution is -0.114. The monoisotopic (exact) mass is 425 g/mol. The van der Waals surface area contributed by atoms with Crippen LogP contribution in [0.3, 0.4) is 0 Å². The fraction of sp³-hybridized carbons (Fsp3) is 0.0526. The molecule has 0 saturated heterocycles. The highest BCUT2D eigenvalue weighted by molar-refractivity contribution is 6.67. The molecule has 0 aliphatic rings. The zero-order valence-corrected chi connectivity index (χ0v) is 15.8. The van der Waals surface area contributed by atoms with Crippen LogP contribution in [-0.2, 0) is 9.59 Å². The Bertz CT molecular complexity index is 1290. The SMILES string of the molecule is CC(=O)/C(=N/Nc1cc(C(=O)O)cc(C(=O)O)c1)C(=O)Nc1ccc2[nH]c(=O)[nH]c2c1. The second-order valence-electron chi connectivity index (χ2n) is 6.33. The number of anilines is 2. The molecule has 1 aromatic heterocycles. The number of aromatic nitrogens is 2. The van der Waals surface area contributed by atoms with Crippen LogP contribution in [0.5, 0.6) is 0 Å². The minimum atomic E-state index is -1.36. The van der Waals surface area contributed by atoms with Gasteiger partial charge in [0, 0.05) is 12.6 Å². The molecule has 0 aliphatic heterocycles. The summed E-state index contributed by atoms with van der Waals surface area (Å²) >= 11 is 0. The number of Topliss-reactive ketones (excluding diaryl/α,β-unsaturated/α-hetero) is 1. The van der Waals surface area contributed by atoms with Crippen molar-refractivity contribution in [2.45, 2.75) is 6.92 Å². The molecular weight excluding hydrogens is 410 g/mol. The van der Waals surface area contributed by atoms with E-state index in [0.717, 1.165) is 25.1 Å². The maximum Gasteiger partial charge on any atom is 0.335 e. The number of ketones is 1. The largest absolute Gasteiger partial charge is 0.478 e. The van der Waals surface area contributed by atoms with Crippen LogP contribution in [-0.4, -0.2) is 49.5 Å². The minimum absolute atomic E-state index is 0.0461. The van der Waals surface area contributed by atoms with E-state index >= 15 is 0 Å². The number of amides is 1. The highest BCUT2D eigenvalue weighted by Crippen LogP contribution is 2.17. The summed E-state index contributed by atoms with van der Waals surface area (Å²) in [5.74, 6) is -4.30. The average Bonchev–Trinajstić information content (AvgIpc) is 3.06. The van der Waals surface area contributed by atoms with E-state index in [9.17, 15) is 24.0 Å². The maximum absolute atomic E-state index is 12.5. The lowest BCUT2D eigenvalue weighted by atomic mass is 10.1. The van der Waals surface area contributed by atoms with E-state index in [1.807, 2.05) is 0 Å². The number of carboxylic acids is 2. The number of H-pyrrole nitrogens is 2. The number of rotatable bonds is 7. The third-order valence-electron chi connectivity index (χ3n) is 4.05. The van der Waals surface area contributed by atoms with Gasteiger partial charge in [-0.05, 0) is 36.4 Å². The summed E-state index contributed by atoms with van der Waals surface area (Å²) in [5.41, 5.74) is 1.94. The van der Waals surface area contributed by atoms with E-state index in [1.165, 1.54) is 12.1 Å². The van der Waals surface area contributed by atoms with Gasteiger partial charge in [0.2, 0.25) is 0 Å². The van der Waals surface area contributed by atoms with Crippen molar-refractivity contribution < 1.29 is 29.4 Å². The summed E-state index contributed by atoms with van der Waals surface area (Å²) in [4.78, 5) is 63.2. The van der Waals surface area contributed by atoms with Gasteiger partial charge in [0.15, 0.2) is 11.5 Å². The third-order valence-corrected chi connectivity index (χ3v) is 4.05. The number of hydrogen-bond donors (Lipinski definition) is 6. The molecule has 1 amide bonds. The first kappa shape index (κ1) is 21.0. The first-order valence-corrected chi connectivity index (χ1v) is 8.64. The molecule has 0 radical (unpaired) electrons. The Morgan fingerprint density at radius 1 is 0.871 bits per heavy atom. The molecule has 1 heterocycles. The van der Waals surface area contributed by atoms with Crippen LogP contribution in [0.4, 0.5) is 11.4 Å². The van der Waals surface area contributed by atoms with Crippen LogP contribution in [0.15, 0.2) is 46.3 Å². The predicted molar refractivity (Wildman–Crippen MR) is 110 cm³/mol. The first-order valence-electron chi connectivity index (χ1n) is 8.64. The van der Waals surface area contributed by atoms with Crippen LogP contribution in [0.2, 0.25) is 0 Å². The number of nitrogens with one attached hydrogen (secondary N) is 4. The Balaban J connectivity index is 1.86. The number of imidazole rings is 1. The molecule has 12 nitrogen and oxygen atoms in total. The Labute approximate surface area is 172 Å². The van der Waals surface area contributed by atoms with E-state index in [0.29, 0.717) is 11.0 Å². The highest BCUT2D eigenvalue weighted by Gasteiger charge is 2.18. The number of benzene rings is 2. The number of carboxylic acid groups (broad SMARTS) is 2. The number of nitrogens with zero attached hydrogens (tertiary/aromatic N) is 1. The zero-order valence-electron chi connectivity index (χ0n) is 15.8. The van der Waals surface area contributed by atoms with Crippen molar-refractivity contribution in [2.24, 2.45) is 5.10 Å². The van der Waals surface area contributed by atoms with Crippen LogP contribution in [0.1, 0.15) is 27.6 Å². The molecule has 0 atom stereocenters. The molecule has 0 aliphatic carbocycles. The lowest BCUT2D eigenvalue weighted by Gasteiger charge is -2.08. The van der Waals surface area contributed by atoms with Crippen LogP contribution in [0, 0.1) is 0 Å². The van der Waals surface area contributed by atoms with Crippen LogP contribution in [0.25, 0.3) is 11.0 Å². The van der Waals surface area contributed by atoms with Gasteiger partial charge in [-0.2, -0.15) is 5.10 Å². The van der Waals surface area contributed by atoms with Gasteiger partial charge in [0.05, 0.1) is 27.8 Å². The van der Waals surface area contributed by atoms with Gasteiger partial charge in [-0.25, -0.2) is 14.4 Å². The fourth-order valence-electron chi connectivity index (χ4n) is 2.65.